The number of nitrogens with zero attached hydrogens (tertiary/aromatic N) is 4. The molecule has 1 aliphatic carbocycles. The summed E-state index contributed by atoms with van der Waals surface area (Å²) in [5.41, 5.74) is 4.48. The summed E-state index contributed by atoms with van der Waals surface area (Å²) in [6.07, 6.45) is 3.62. The Morgan fingerprint density at radius 1 is 1.17 bits per heavy atom. The lowest BCUT2D eigenvalue weighted by Crippen LogP contribution is -2.59. The summed E-state index contributed by atoms with van der Waals surface area (Å²) in [4.78, 5) is 37.8. The van der Waals surface area contributed by atoms with Crippen LogP contribution in [0.25, 0.3) is 21.3 Å². The monoisotopic (exact) mass is 664 g/mol. The van der Waals surface area contributed by atoms with E-state index >= 15 is 0 Å². The van der Waals surface area contributed by atoms with Gasteiger partial charge in [-0.2, -0.15) is 0 Å². The van der Waals surface area contributed by atoms with Crippen LogP contribution in [0.15, 0.2) is 34.4 Å². The van der Waals surface area contributed by atoms with Gasteiger partial charge in [0.25, 0.3) is 5.56 Å². The molecule has 0 bridgehead atoms. The van der Waals surface area contributed by atoms with Gasteiger partial charge < -0.3 is 14.6 Å². The number of fused-ring (bicyclic) bond motifs is 2. The SMILES string of the molecule is CO[C@H]1CCN([C@@]2(C)CCc3nc(C)n(CCOc4ccc(Cl)cc4-c4cc(C)nc5c(C(=O)O)csc45)c(=O)c3C2)CC1(C)C. The smallest absolute Gasteiger partial charge is 0.338 e. The Morgan fingerprint density at radius 3 is 2.67 bits per heavy atom. The van der Waals surface area contributed by atoms with Crippen LogP contribution in [0, 0.1) is 19.3 Å². The molecule has 3 aromatic heterocycles. The van der Waals surface area contributed by atoms with Crippen molar-refractivity contribution in [3.05, 3.63) is 73.4 Å². The minimum Gasteiger partial charge on any atom is -0.491 e. The fourth-order valence-corrected chi connectivity index (χ4v) is 8.52. The van der Waals surface area contributed by atoms with E-state index in [1.54, 1.807) is 23.1 Å². The lowest BCUT2D eigenvalue weighted by Gasteiger charge is -2.52. The van der Waals surface area contributed by atoms with Crippen LogP contribution in [-0.2, 0) is 24.1 Å². The first-order valence-electron chi connectivity index (χ1n) is 15.7. The highest BCUT2D eigenvalue weighted by atomic mass is 35.5. The highest BCUT2D eigenvalue weighted by Crippen LogP contribution is 2.41. The quantitative estimate of drug-likeness (QED) is 0.226. The van der Waals surface area contributed by atoms with Gasteiger partial charge in [-0.1, -0.05) is 25.4 Å². The Morgan fingerprint density at radius 2 is 1.96 bits per heavy atom. The zero-order valence-corrected chi connectivity index (χ0v) is 28.8. The number of hydrogen-bond donors (Lipinski definition) is 1. The van der Waals surface area contributed by atoms with E-state index in [1.165, 1.54) is 11.3 Å². The molecule has 9 nitrogen and oxygen atoms in total. The average molecular weight is 665 g/mol. The fourth-order valence-electron chi connectivity index (χ4n) is 7.34. The molecule has 0 amide bonds. The van der Waals surface area contributed by atoms with Crippen molar-refractivity contribution in [2.45, 2.75) is 78.5 Å². The molecule has 46 heavy (non-hydrogen) atoms. The molecule has 1 fully saturated rings. The maximum Gasteiger partial charge on any atom is 0.338 e. The third-order valence-electron chi connectivity index (χ3n) is 9.86. The Kier molecular flexibility index (Phi) is 8.78. The summed E-state index contributed by atoms with van der Waals surface area (Å²) >= 11 is 7.77. The molecule has 0 unspecified atom stereocenters. The van der Waals surface area contributed by atoms with Crippen molar-refractivity contribution >= 4 is 39.1 Å². The van der Waals surface area contributed by atoms with Gasteiger partial charge in [0, 0.05) is 63.9 Å². The number of rotatable bonds is 8. The van der Waals surface area contributed by atoms with Crippen LogP contribution in [0.3, 0.4) is 0 Å². The van der Waals surface area contributed by atoms with Crippen molar-refractivity contribution in [2.75, 3.05) is 26.8 Å². The Bertz CT molecular complexity index is 1890. The predicted molar refractivity (Wildman–Crippen MR) is 182 cm³/mol. The van der Waals surface area contributed by atoms with E-state index in [0.29, 0.717) is 40.8 Å². The van der Waals surface area contributed by atoms with Gasteiger partial charge in [0.1, 0.15) is 18.2 Å². The normalized spacial score (nSPS) is 21.3. The number of aromatic carboxylic acids is 1. The van der Waals surface area contributed by atoms with Crippen molar-refractivity contribution in [3.8, 4) is 16.9 Å². The van der Waals surface area contributed by atoms with Gasteiger partial charge in [0.15, 0.2) is 0 Å². The van der Waals surface area contributed by atoms with Crippen LogP contribution >= 0.6 is 22.9 Å². The summed E-state index contributed by atoms with van der Waals surface area (Å²) in [7, 11) is 1.80. The minimum absolute atomic E-state index is 0.00523. The zero-order valence-electron chi connectivity index (χ0n) is 27.3. The van der Waals surface area contributed by atoms with Gasteiger partial charge in [-0.25, -0.2) is 9.78 Å². The molecule has 2 atom stereocenters. The van der Waals surface area contributed by atoms with Crippen molar-refractivity contribution in [1.29, 1.82) is 0 Å². The highest BCUT2D eigenvalue weighted by molar-refractivity contribution is 7.18. The van der Waals surface area contributed by atoms with Crippen LogP contribution < -0.4 is 10.3 Å². The molecule has 0 radical (unpaired) electrons. The summed E-state index contributed by atoms with van der Waals surface area (Å²) < 4.78 is 14.6. The van der Waals surface area contributed by atoms with Crippen LogP contribution in [0.5, 0.6) is 5.75 Å². The summed E-state index contributed by atoms with van der Waals surface area (Å²) in [5, 5.41) is 11.8. The molecule has 0 spiro atoms. The van der Waals surface area contributed by atoms with E-state index in [2.05, 4.69) is 30.7 Å². The Balaban J connectivity index is 1.25. The maximum absolute atomic E-state index is 14.0. The second-order valence-corrected chi connectivity index (χ2v) is 14.9. The van der Waals surface area contributed by atoms with Crippen LogP contribution in [0.2, 0.25) is 5.02 Å². The summed E-state index contributed by atoms with van der Waals surface area (Å²) in [5.74, 6) is 0.255. The third kappa shape index (κ3) is 5.96. The number of hydrogen-bond acceptors (Lipinski definition) is 8. The topological polar surface area (TPSA) is 107 Å². The number of methoxy groups -OCH3 is 1. The average Bonchev–Trinajstić information content (AvgIpc) is 3.43. The number of aromatic nitrogens is 3. The highest BCUT2D eigenvalue weighted by Gasteiger charge is 2.44. The lowest BCUT2D eigenvalue weighted by molar-refractivity contribution is -0.0814. The molecule has 1 aliphatic heterocycles. The van der Waals surface area contributed by atoms with Crippen molar-refractivity contribution in [1.82, 2.24) is 19.4 Å². The molecule has 4 heterocycles. The molecule has 1 saturated heterocycles. The van der Waals surface area contributed by atoms with E-state index in [1.807, 2.05) is 32.0 Å². The number of pyridine rings is 1. The van der Waals surface area contributed by atoms with Gasteiger partial charge in [-0.05, 0) is 70.7 Å². The van der Waals surface area contributed by atoms with E-state index in [9.17, 15) is 14.7 Å². The number of piperidine rings is 1. The van der Waals surface area contributed by atoms with Crippen molar-refractivity contribution in [2.24, 2.45) is 5.41 Å². The first-order valence-corrected chi connectivity index (χ1v) is 17.0. The molecule has 2 aliphatic rings. The number of likely N-dealkylation sites (tertiary alicyclic amines) is 1. The zero-order chi connectivity index (χ0) is 33.0. The van der Waals surface area contributed by atoms with Crippen LogP contribution in [0.4, 0.5) is 0 Å². The molecular weight excluding hydrogens is 624 g/mol. The second kappa shape index (κ2) is 12.4. The second-order valence-electron chi connectivity index (χ2n) is 13.6. The van der Waals surface area contributed by atoms with Gasteiger partial charge in [0.2, 0.25) is 0 Å². The summed E-state index contributed by atoms with van der Waals surface area (Å²) in [6, 6.07) is 7.31. The molecule has 1 N–H and O–H groups in total. The predicted octanol–water partition coefficient (Wildman–Crippen LogP) is 6.56. The van der Waals surface area contributed by atoms with Gasteiger partial charge in [0.05, 0.1) is 34.1 Å². The Hall–Kier alpha value is -3.31. The van der Waals surface area contributed by atoms with Crippen molar-refractivity contribution < 1.29 is 19.4 Å². The lowest BCUT2D eigenvalue weighted by atomic mass is 9.75. The number of ether oxygens (including phenoxy) is 2. The molecule has 4 aromatic rings. The Labute approximate surface area is 278 Å². The number of carbonyl (C=O) groups is 1. The number of benzene rings is 1. The molecule has 6 rings (SSSR count). The molecular formula is C35H41ClN4O5S. The first-order chi connectivity index (χ1) is 21.8. The van der Waals surface area contributed by atoms with E-state index < -0.39 is 5.97 Å². The fraction of sp³-hybridized carbons (Fsp3) is 0.486. The van der Waals surface area contributed by atoms with Crippen molar-refractivity contribution in [3.63, 3.8) is 0 Å². The van der Waals surface area contributed by atoms with E-state index in [0.717, 1.165) is 59.4 Å². The largest absolute Gasteiger partial charge is 0.491 e. The molecule has 11 heteroatoms. The minimum atomic E-state index is -1.02. The number of carboxylic acids is 1. The van der Waals surface area contributed by atoms with Crippen LogP contribution in [0.1, 0.15) is 66.7 Å². The molecule has 1 aromatic carbocycles. The van der Waals surface area contributed by atoms with E-state index in [-0.39, 0.29) is 34.8 Å². The first kappa shape index (κ1) is 32.6. The number of thiophene rings is 1. The molecule has 244 valence electrons. The number of carboxylic acid groups (broad SMARTS) is 1. The van der Waals surface area contributed by atoms with Crippen LogP contribution in [-0.4, -0.2) is 69.0 Å². The maximum atomic E-state index is 14.0. The number of halogens is 1. The number of aryl methyl sites for hydroxylation is 3. The van der Waals surface area contributed by atoms with Gasteiger partial charge >= 0.3 is 5.97 Å². The standard InChI is InChI=1S/C35H41ClN4O5S/c1-20-15-24(31-30(37-20)26(18-46-31)33(42)43)23-16-22(36)7-8-28(23)45-14-13-40-21(2)38-27-9-11-35(5,17-25(27)32(40)41)39-12-10-29(44-6)34(3,4)19-39/h7-8,15-16,18,29H,9-14,17,19H2,1-6H3,(H,42,43)/t29-,35-/m0/s1. The third-order valence-corrected chi connectivity index (χ3v) is 11.1. The van der Waals surface area contributed by atoms with Gasteiger partial charge in [-0.3, -0.25) is 19.2 Å². The molecule has 0 saturated carbocycles. The summed E-state index contributed by atoms with van der Waals surface area (Å²) in [6.45, 7) is 13.0. The van der Waals surface area contributed by atoms with Gasteiger partial charge in [-0.15, -0.1) is 11.3 Å². The van der Waals surface area contributed by atoms with E-state index in [4.69, 9.17) is 26.1 Å².